The van der Waals surface area contributed by atoms with Crippen LogP contribution in [-0.4, -0.2) is 28.1 Å². The van der Waals surface area contributed by atoms with E-state index in [1.54, 1.807) is 0 Å². The molecule has 3 saturated carbocycles. The average Bonchev–Trinajstić information content (AvgIpc) is 3.27. The van der Waals surface area contributed by atoms with E-state index >= 15 is 0 Å². The Morgan fingerprint density at radius 3 is 1.83 bits per heavy atom. The number of hydrogen-bond donors (Lipinski definition) is 0. The fraction of sp³-hybridized carbons (Fsp3) is 0.625. The molecule has 0 amide bonds. The Bertz CT molecular complexity index is 392. The highest BCUT2D eigenvalue weighted by molar-refractivity contribution is 5.15. The Labute approximate surface area is 110 Å². The summed E-state index contributed by atoms with van der Waals surface area (Å²) in [5.41, 5.74) is 1.47. The van der Waals surface area contributed by atoms with Gasteiger partial charge in [-0.25, -0.2) is 10.0 Å². The lowest BCUT2D eigenvalue weighted by atomic mass is 10.2. The van der Waals surface area contributed by atoms with Crippen LogP contribution in [0.4, 0.5) is 0 Å². The fourth-order valence-corrected chi connectivity index (χ4v) is 2.94. The van der Waals surface area contributed by atoms with Crippen molar-refractivity contribution in [3.63, 3.8) is 0 Å². The molecule has 2 heteroatoms. The monoisotopic (exact) mass is 242 g/mol. The van der Waals surface area contributed by atoms with Gasteiger partial charge in [-0.05, 0) is 44.1 Å². The molecule has 18 heavy (non-hydrogen) atoms. The molecule has 3 aliphatic rings. The molecule has 0 N–H and O–H groups in total. The van der Waals surface area contributed by atoms with Crippen LogP contribution in [0.15, 0.2) is 30.3 Å². The van der Waals surface area contributed by atoms with Crippen molar-refractivity contribution in [3.8, 4) is 0 Å². The third-order valence-corrected chi connectivity index (χ3v) is 4.29. The lowest BCUT2D eigenvalue weighted by Crippen LogP contribution is -2.46. The van der Waals surface area contributed by atoms with Crippen molar-refractivity contribution >= 4 is 0 Å². The zero-order valence-corrected chi connectivity index (χ0v) is 11.0. The Balaban J connectivity index is 1.53. The van der Waals surface area contributed by atoms with Crippen LogP contribution in [0.2, 0.25) is 0 Å². The Morgan fingerprint density at radius 2 is 1.33 bits per heavy atom. The first-order chi connectivity index (χ1) is 8.92. The molecule has 0 heterocycles. The van der Waals surface area contributed by atoms with Gasteiger partial charge in [0, 0.05) is 24.7 Å². The van der Waals surface area contributed by atoms with Gasteiger partial charge in [0.25, 0.3) is 0 Å². The van der Waals surface area contributed by atoms with Crippen molar-refractivity contribution in [2.75, 3.05) is 0 Å². The fourth-order valence-electron chi connectivity index (χ4n) is 2.94. The van der Waals surface area contributed by atoms with Gasteiger partial charge >= 0.3 is 0 Å². The lowest BCUT2D eigenvalue weighted by molar-refractivity contribution is -0.0574. The largest absolute Gasteiger partial charge is 0.235 e. The van der Waals surface area contributed by atoms with Gasteiger partial charge in [-0.2, -0.15) is 0 Å². The average molecular weight is 242 g/mol. The molecule has 0 aromatic heterocycles. The maximum atomic E-state index is 2.77. The van der Waals surface area contributed by atoms with Crippen molar-refractivity contribution in [3.05, 3.63) is 35.9 Å². The summed E-state index contributed by atoms with van der Waals surface area (Å²) < 4.78 is 0. The first-order valence-corrected chi connectivity index (χ1v) is 7.50. The minimum Gasteiger partial charge on any atom is -0.235 e. The zero-order valence-electron chi connectivity index (χ0n) is 11.0. The van der Waals surface area contributed by atoms with E-state index in [9.17, 15) is 0 Å². The highest BCUT2D eigenvalue weighted by atomic mass is 15.7. The molecule has 4 rings (SSSR count). The normalized spacial score (nSPS) is 23.9. The summed E-state index contributed by atoms with van der Waals surface area (Å²) >= 11 is 0. The van der Waals surface area contributed by atoms with Gasteiger partial charge in [0.1, 0.15) is 0 Å². The van der Waals surface area contributed by atoms with E-state index in [2.05, 4.69) is 40.3 Å². The summed E-state index contributed by atoms with van der Waals surface area (Å²) in [4.78, 5) is 0. The van der Waals surface area contributed by atoms with Crippen molar-refractivity contribution in [2.45, 2.75) is 63.2 Å². The number of nitrogens with zero attached hydrogens (tertiary/aromatic N) is 2. The van der Waals surface area contributed by atoms with Gasteiger partial charge in [0.15, 0.2) is 0 Å². The molecule has 1 aromatic carbocycles. The van der Waals surface area contributed by atoms with E-state index in [-0.39, 0.29) is 0 Å². The van der Waals surface area contributed by atoms with Crippen LogP contribution in [0.25, 0.3) is 0 Å². The second-order valence-corrected chi connectivity index (χ2v) is 6.16. The van der Waals surface area contributed by atoms with Crippen LogP contribution in [0.1, 0.15) is 44.1 Å². The van der Waals surface area contributed by atoms with E-state index in [1.807, 2.05) is 0 Å². The van der Waals surface area contributed by atoms with Crippen LogP contribution < -0.4 is 0 Å². The maximum Gasteiger partial charge on any atom is 0.0387 e. The molecule has 1 aromatic rings. The van der Waals surface area contributed by atoms with Gasteiger partial charge in [-0.15, -0.1) is 0 Å². The molecule has 0 spiro atoms. The second kappa shape index (κ2) is 4.36. The van der Waals surface area contributed by atoms with E-state index in [1.165, 1.54) is 44.1 Å². The smallest absolute Gasteiger partial charge is 0.0387 e. The summed E-state index contributed by atoms with van der Waals surface area (Å²) in [6.07, 6.45) is 8.51. The number of benzene rings is 1. The van der Waals surface area contributed by atoms with Crippen molar-refractivity contribution in [1.29, 1.82) is 0 Å². The van der Waals surface area contributed by atoms with Gasteiger partial charge < -0.3 is 0 Å². The molecule has 0 saturated heterocycles. The Hall–Kier alpha value is -0.860. The van der Waals surface area contributed by atoms with Gasteiger partial charge in [0.2, 0.25) is 0 Å². The van der Waals surface area contributed by atoms with E-state index < -0.39 is 0 Å². The molecule has 3 fully saturated rings. The van der Waals surface area contributed by atoms with E-state index in [0.717, 1.165) is 24.7 Å². The van der Waals surface area contributed by atoms with Crippen LogP contribution in [-0.2, 0) is 6.54 Å². The van der Waals surface area contributed by atoms with Crippen molar-refractivity contribution in [2.24, 2.45) is 0 Å². The third-order valence-electron chi connectivity index (χ3n) is 4.29. The van der Waals surface area contributed by atoms with Crippen LogP contribution in [0.5, 0.6) is 0 Å². The lowest BCUT2D eigenvalue weighted by Gasteiger charge is -2.36. The SMILES string of the molecule is c1ccc(CN(C2CC2)N(C2CC2)C2CC2)cc1. The molecule has 2 nitrogen and oxygen atoms in total. The molecular formula is C16H22N2. The maximum absolute atomic E-state index is 2.77. The van der Waals surface area contributed by atoms with Gasteiger partial charge in [0.05, 0.1) is 0 Å². The summed E-state index contributed by atoms with van der Waals surface area (Å²) in [6.45, 7) is 1.12. The van der Waals surface area contributed by atoms with Gasteiger partial charge in [-0.1, -0.05) is 30.3 Å². The highest BCUT2D eigenvalue weighted by Gasteiger charge is 2.46. The van der Waals surface area contributed by atoms with Crippen molar-refractivity contribution in [1.82, 2.24) is 10.0 Å². The van der Waals surface area contributed by atoms with Crippen molar-refractivity contribution < 1.29 is 0 Å². The highest BCUT2D eigenvalue weighted by Crippen LogP contribution is 2.42. The first kappa shape index (κ1) is 11.0. The molecule has 0 atom stereocenters. The summed E-state index contributed by atoms with van der Waals surface area (Å²) in [6, 6.07) is 13.6. The quantitative estimate of drug-likeness (QED) is 0.707. The number of hydrazine groups is 1. The Kier molecular flexibility index (Phi) is 2.66. The third kappa shape index (κ3) is 2.32. The molecular weight excluding hydrogens is 220 g/mol. The van der Waals surface area contributed by atoms with Crippen LogP contribution in [0, 0.1) is 0 Å². The number of rotatable bonds is 6. The Morgan fingerprint density at radius 1 is 0.778 bits per heavy atom. The van der Waals surface area contributed by atoms with Gasteiger partial charge in [-0.3, -0.25) is 0 Å². The molecule has 0 aliphatic heterocycles. The standard InChI is InChI=1S/C16H22N2/c1-2-4-13(5-3-1)12-17(14-6-7-14)18(15-8-9-15)16-10-11-16/h1-5,14-16H,6-12H2. The minimum atomic E-state index is 0.839. The first-order valence-electron chi connectivity index (χ1n) is 7.50. The molecule has 0 radical (unpaired) electrons. The molecule has 0 unspecified atom stereocenters. The predicted molar refractivity (Wildman–Crippen MR) is 72.9 cm³/mol. The van der Waals surface area contributed by atoms with Crippen LogP contribution >= 0.6 is 0 Å². The second-order valence-electron chi connectivity index (χ2n) is 6.16. The number of hydrogen-bond acceptors (Lipinski definition) is 2. The molecule has 0 bridgehead atoms. The van der Waals surface area contributed by atoms with E-state index in [0.29, 0.717) is 0 Å². The predicted octanol–water partition coefficient (Wildman–Crippen LogP) is 3.19. The summed E-state index contributed by atoms with van der Waals surface area (Å²) in [7, 11) is 0. The summed E-state index contributed by atoms with van der Waals surface area (Å²) in [5.74, 6) is 0. The summed E-state index contributed by atoms with van der Waals surface area (Å²) in [5, 5.41) is 5.48. The zero-order chi connectivity index (χ0) is 11.9. The molecule has 96 valence electrons. The minimum absolute atomic E-state index is 0.839. The topological polar surface area (TPSA) is 6.48 Å². The van der Waals surface area contributed by atoms with Crippen LogP contribution in [0.3, 0.4) is 0 Å². The molecule has 3 aliphatic carbocycles. The van der Waals surface area contributed by atoms with E-state index in [4.69, 9.17) is 0 Å².